The first-order valence-electron chi connectivity index (χ1n) is 7.04. The van der Waals surface area contributed by atoms with E-state index in [0.717, 1.165) is 27.0 Å². The Morgan fingerprint density at radius 3 is 2.57 bits per heavy atom. The monoisotopic (exact) mass is 396 g/mol. The van der Waals surface area contributed by atoms with Crippen LogP contribution in [-0.2, 0) is 4.79 Å². The van der Waals surface area contributed by atoms with Gasteiger partial charge in [-0.2, -0.15) is 0 Å². The van der Waals surface area contributed by atoms with Gasteiger partial charge in [-0.15, -0.1) is 0 Å². The van der Waals surface area contributed by atoms with Gasteiger partial charge in [0.1, 0.15) is 5.75 Å². The zero-order valence-corrected chi connectivity index (χ0v) is 15.5. The number of carbonyl (C=O) groups excluding carboxylic acids is 1. The first-order valence-corrected chi connectivity index (χ1v) is 8.22. The van der Waals surface area contributed by atoms with Gasteiger partial charge >= 0.3 is 0 Å². The third-order valence-electron chi connectivity index (χ3n) is 3.38. The average molecular weight is 398 g/mol. The second kappa shape index (κ2) is 7.70. The van der Waals surface area contributed by atoms with Gasteiger partial charge in [0.05, 0.1) is 19.3 Å². The normalized spacial score (nSPS) is 10.3. The lowest BCUT2D eigenvalue weighted by atomic mass is 10.2. The molecule has 2 N–H and O–H groups in total. The Morgan fingerprint density at radius 2 is 1.91 bits per heavy atom. The van der Waals surface area contributed by atoms with Crippen LogP contribution in [-0.4, -0.2) is 19.6 Å². The molecule has 2 aromatic rings. The number of benzene rings is 2. The number of methoxy groups -OCH3 is 1. The van der Waals surface area contributed by atoms with Gasteiger partial charge in [0.15, 0.2) is 0 Å². The smallest absolute Gasteiger partial charge is 0.243 e. The number of carbonyl (C=O) groups is 1. The molecule has 0 unspecified atom stereocenters. The fourth-order valence-corrected chi connectivity index (χ4v) is 2.74. The molecule has 0 aliphatic carbocycles. The molecular formula is C17H18BrClN2O2. The highest BCUT2D eigenvalue weighted by molar-refractivity contribution is 9.10. The molecule has 0 saturated carbocycles. The molecule has 0 radical (unpaired) electrons. The fourth-order valence-electron chi connectivity index (χ4n) is 2.11. The van der Waals surface area contributed by atoms with Crippen molar-refractivity contribution >= 4 is 44.8 Å². The van der Waals surface area contributed by atoms with Crippen LogP contribution in [0.4, 0.5) is 11.4 Å². The average Bonchev–Trinajstić information content (AvgIpc) is 2.50. The summed E-state index contributed by atoms with van der Waals surface area (Å²) < 4.78 is 6.26. The molecule has 0 fully saturated rings. The molecule has 122 valence electrons. The van der Waals surface area contributed by atoms with Gasteiger partial charge in [-0.25, -0.2) is 0 Å². The molecule has 6 heteroatoms. The van der Waals surface area contributed by atoms with Crippen LogP contribution in [0.1, 0.15) is 11.1 Å². The Hall–Kier alpha value is -1.72. The third-order valence-corrected chi connectivity index (χ3v) is 4.28. The second-order valence-corrected chi connectivity index (χ2v) is 6.49. The van der Waals surface area contributed by atoms with Crippen molar-refractivity contribution in [1.29, 1.82) is 0 Å². The van der Waals surface area contributed by atoms with Gasteiger partial charge in [0, 0.05) is 21.2 Å². The molecule has 1 amide bonds. The summed E-state index contributed by atoms with van der Waals surface area (Å²) >= 11 is 9.48. The summed E-state index contributed by atoms with van der Waals surface area (Å²) in [4.78, 5) is 12.1. The number of rotatable bonds is 5. The Kier molecular flexibility index (Phi) is 5.91. The van der Waals surface area contributed by atoms with E-state index in [0.29, 0.717) is 10.8 Å². The Balaban J connectivity index is 2.03. The minimum Gasteiger partial charge on any atom is -0.495 e. The first kappa shape index (κ1) is 17.6. The van der Waals surface area contributed by atoms with E-state index in [1.165, 1.54) is 0 Å². The topological polar surface area (TPSA) is 50.4 Å². The number of anilines is 2. The summed E-state index contributed by atoms with van der Waals surface area (Å²) in [5.74, 6) is 0.471. The molecule has 0 aromatic heterocycles. The van der Waals surface area contributed by atoms with Crippen LogP contribution in [0, 0.1) is 13.8 Å². The first-order chi connectivity index (χ1) is 10.9. The van der Waals surface area contributed by atoms with Gasteiger partial charge < -0.3 is 15.4 Å². The Labute approximate surface area is 149 Å². The maximum atomic E-state index is 12.1. The van der Waals surface area contributed by atoms with Gasteiger partial charge in [-0.05, 0) is 49.2 Å². The predicted octanol–water partition coefficient (Wildman–Crippen LogP) is 4.78. The van der Waals surface area contributed by atoms with Gasteiger partial charge in [0.25, 0.3) is 0 Å². The quantitative estimate of drug-likeness (QED) is 0.763. The van der Waals surface area contributed by atoms with Crippen molar-refractivity contribution in [2.75, 3.05) is 24.3 Å². The van der Waals surface area contributed by atoms with Crippen molar-refractivity contribution in [3.8, 4) is 5.75 Å². The van der Waals surface area contributed by atoms with Crippen LogP contribution in [0.15, 0.2) is 34.8 Å². The van der Waals surface area contributed by atoms with Crippen LogP contribution in [0.3, 0.4) is 0 Å². The molecule has 0 heterocycles. The van der Waals surface area contributed by atoms with Crippen molar-refractivity contribution in [2.45, 2.75) is 13.8 Å². The van der Waals surface area contributed by atoms with E-state index in [4.69, 9.17) is 16.3 Å². The molecule has 2 aromatic carbocycles. The number of amides is 1. The SMILES string of the molecule is COc1cc(Cl)c(C)cc1NCC(=O)Nc1ccc(Br)cc1C. The molecule has 0 spiro atoms. The zero-order valence-electron chi connectivity index (χ0n) is 13.2. The summed E-state index contributed by atoms with van der Waals surface area (Å²) in [6.07, 6.45) is 0. The van der Waals surface area contributed by atoms with Crippen molar-refractivity contribution < 1.29 is 9.53 Å². The number of hydrogen-bond donors (Lipinski definition) is 2. The van der Waals surface area contributed by atoms with Crippen molar-refractivity contribution in [3.05, 3.63) is 51.0 Å². The predicted molar refractivity (Wildman–Crippen MR) is 98.7 cm³/mol. The number of nitrogens with one attached hydrogen (secondary N) is 2. The van der Waals surface area contributed by atoms with Crippen LogP contribution >= 0.6 is 27.5 Å². The number of halogens is 2. The van der Waals surface area contributed by atoms with Crippen molar-refractivity contribution in [3.63, 3.8) is 0 Å². The minimum absolute atomic E-state index is 0.132. The summed E-state index contributed by atoms with van der Waals surface area (Å²) in [7, 11) is 1.57. The van der Waals surface area contributed by atoms with Crippen molar-refractivity contribution in [1.82, 2.24) is 0 Å². The third kappa shape index (κ3) is 4.62. The van der Waals surface area contributed by atoms with E-state index in [2.05, 4.69) is 26.6 Å². The molecule has 0 atom stereocenters. The summed E-state index contributed by atoms with van der Waals surface area (Å²) in [5.41, 5.74) is 3.43. The molecule has 0 bridgehead atoms. The molecule has 4 nitrogen and oxygen atoms in total. The highest BCUT2D eigenvalue weighted by Crippen LogP contribution is 2.30. The minimum atomic E-state index is -0.134. The van der Waals surface area contributed by atoms with E-state index >= 15 is 0 Å². The molecule has 0 saturated heterocycles. The Morgan fingerprint density at radius 1 is 1.17 bits per heavy atom. The highest BCUT2D eigenvalue weighted by Gasteiger charge is 2.09. The van der Waals surface area contributed by atoms with Crippen LogP contribution < -0.4 is 15.4 Å². The van der Waals surface area contributed by atoms with Gasteiger partial charge in [-0.3, -0.25) is 4.79 Å². The molecule has 0 aliphatic rings. The summed E-state index contributed by atoms with van der Waals surface area (Å²) in [6, 6.07) is 9.30. The maximum absolute atomic E-state index is 12.1. The number of hydrogen-bond acceptors (Lipinski definition) is 3. The number of ether oxygens (including phenoxy) is 1. The lowest BCUT2D eigenvalue weighted by Gasteiger charge is -2.14. The van der Waals surface area contributed by atoms with Crippen LogP contribution in [0.5, 0.6) is 5.75 Å². The second-order valence-electron chi connectivity index (χ2n) is 5.16. The van der Waals surface area contributed by atoms with Crippen LogP contribution in [0.25, 0.3) is 0 Å². The summed E-state index contributed by atoms with van der Waals surface area (Å²) in [5, 5.41) is 6.59. The molecule has 23 heavy (non-hydrogen) atoms. The van der Waals surface area contributed by atoms with Gasteiger partial charge in [-0.1, -0.05) is 27.5 Å². The van der Waals surface area contributed by atoms with E-state index in [-0.39, 0.29) is 12.5 Å². The van der Waals surface area contributed by atoms with E-state index in [1.807, 2.05) is 38.1 Å². The maximum Gasteiger partial charge on any atom is 0.243 e. The summed E-state index contributed by atoms with van der Waals surface area (Å²) in [6.45, 7) is 3.98. The van der Waals surface area contributed by atoms with E-state index in [1.54, 1.807) is 13.2 Å². The van der Waals surface area contributed by atoms with Crippen LogP contribution in [0.2, 0.25) is 5.02 Å². The highest BCUT2D eigenvalue weighted by atomic mass is 79.9. The number of aryl methyl sites for hydroxylation is 2. The van der Waals surface area contributed by atoms with E-state index in [9.17, 15) is 4.79 Å². The lowest BCUT2D eigenvalue weighted by molar-refractivity contribution is -0.114. The van der Waals surface area contributed by atoms with Gasteiger partial charge in [0.2, 0.25) is 5.91 Å². The molecule has 0 aliphatic heterocycles. The molecule has 2 rings (SSSR count). The fraction of sp³-hybridized carbons (Fsp3) is 0.235. The molecular weight excluding hydrogens is 380 g/mol. The Bertz CT molecular complexity index is 735. The van der Waals surface area contributed by atoms with Crippen molar-refractivity contribution in [2.24, 2.45) is 0 Å². The largest absolute Gasteiger partial charge is 0.495 e. The lowest BCUT2D eigenvalue weighted by Crippen LogP contribution is -2.22. The van der Waals surface area contributed by atoms with E-state index < -0.39 is 0 Å². The standard InChI is InChI=1S/C17H18BrClN2O2/c1-10-7-15(16(23-3)8-13(10)19)20-9-17(22)21-14-5-4-12(18)6-11(14)2/h4-8,20H,9H2,1-3H3,(H,21,22). The zero-order chi connectivity index (χ0) is 17.0.